The van der Waals surface area contributed by atoms with Gasteiger partial charge in [-0.3, -0.25) is 24.3 Å². The van der Waals surface area contributed by atoms with Gasteiger partial charge in [-0.1, -0.05) is 15.9 Å². The van der Waals surface area contributed by atoms with Gasteiger partial charge in [-0.2, -0.15) is 0 Å². The molecule has 116 valence electrons. The molecule has 1 aromatic heterocycles. The van der Waals surface area contributed by atoms with Gasteiger partial charge < -0.3 is 5.32 Å². The normalized spacial score (nSPS) is 13.2. The predicted octanol–water partition coefficient (Wildman–Crippen LogP) is 2.39. The van der Waals surface area contributed by atoms with Crippen LogP contribution in [0.1, 0.15) is 26.4 Å². The molecule has 1 aromatic carbocycles. The predicted molar refractivity (Wildman–Crippen MR) is 87.1 cm³/mol. The van der Waals surface area contributed by atoms with E-state index in [1.54, 1.807) is 43.5 Å². The van der Waals surface area contributed by atoms with E-state index < -0.39 is 17.7 Å². The van der Waals surface area contributed by atoms with Gasteiger partial charge in [0.1, 0.15) is 6.54 Å². The number of carbonyl (C=O) groups is 3. The van der Waals surface area contributed by atoms with Gasteiger partial charge >= 0.3 is 0 Å². The fraction of sp³-hybridized carbons (Fsp3) is 0.125. The van der Waals surface area contributed by atoms with Crippen molar-refractivity contribution in [3.8, 4) is 0 Å². The van der Waals surface area contributed by atoms with Gasteiger partial charge in [0, 0.05) is 10.7 Å². The maximum atomic E-state index is 12.3. The number of imide groups is 1. The van der Waals surface area contributed by atoms with Crippen molar-refractivity contribution in [1.82, 2.24) is 9.88 Å². The number of carbonyl (C=O) groups excluding carboxylic acids is 3. The maximum Gasteiger partial charge on any atom is 0.262 e. The molecule has 3 amide bonds. The number of anilines is 1. The molecule has 0 saturated carbocycles. The number of hydrogen-bond acceptors (Lipinski definition) is 4. The third-order valence-electron chi connectivity index (χ3n) is 3.52. The van der Waals surface area contributed by atoms with Gasteiger partial charge in [0.25, 0.3) is 11.8 Å². The molecule has 2 aromatic rings. The summed E-state index contributed by atoms with van der Waals surface area (Å²) in [5, 5.41) is 2.66. The minimum atomic E-state index is -0.468. The molecule has 1 N–H and O–H groups in total. The quantitative estimate of drug-likeness (QED) is 0.837. The molecule has 0 bridgehead atoms. The summed E-state index contributed by atoms with van der Waals surface area (Å²) in [5.74, 6) is -1.38. The molecule has 0 unspecified atom stereocenters. The summed E-state index contributed by atoms with van der Waals surface area (Å²) in [6, 6.07) is 8.25. The number of pyridine rings is 1. The smallest absolute Gasteiger partial charge is 0.262 e. The summed E-state index contributed by atoms with van der Waals surface area (Å²) >= 11 is 3.27. The molecule has 7 heteroatoms. The SMILES string of the molecule is Cc1ncccc1NC(=O)CN1C(=O)c2ccc(Br)cc2C1=O. The van der Waals surface area contributed by atoms with E-state index in [1.807, 2.05) is 0 Å². The first-order valence-corrected chi connectivity index (χ1v) is 7.64. The third kappa shape index (κ3) is 2.87. The molecule has 2 heterocycles. The van der Waals surface area contributed by atoms with Crippen LogP contribution in [-0.4, -0.2) is 34.2 Å². The largest absolute Gasteiger partial charge is 0.323 e. The van der Waals surface area contributed by atoms with Gasteiger partial charge in [-0.15, -0.1) is 0 Å². The highest BCUT2D eigenvalue weighted by Gasteiger charge is 2.36. The van der Waals surface area contributed by atoms with Crippen molar-refractivity contribution in [1.29, 1.82) is 0 Å². The van der Waals surface area contributed by atoms with E-state index in [-0.39, 0.29) is 6.54 Å². The van der Waals surface area contributed by atoms with Crippen molar-refractivity contribution >= 4 is 39.3 Å². The van der Waals surface area contributed by atoms with Crippen molar-refractivity contribution < 1.29 is 14.4 Å². The number of nitrogens with one attached hydrogen (secondary N) is 1. The van der Waals surface area contributed by atoms with Crippen LogP contribution in [0, 0.1) is 6.92 Å². The number of nitrogens with zero attached hydrogens (tertiary/aromatic N) is 2. The van der Waals surface area contributed by atoms with Crippen molar-refractivity contribution in [2.45, 2.75) is 6.92 Å². The average molecular weight is 374 g/mol. The molecule has 3 rings (SSSR count). The molecule has 0 fully saturated rings. The Bertz CT molecular complexity index is 835. The Labute approximate surface area is 140 Å². The number of benzene rings is 1. The van der Waals surface area contributed by atoms with Gasteiger partial charge in [-0.05, 0) is 37.3 Å². The molecule has 1 aliphatic heterocycles. The topological polar surface area (TPSA) is 79.4 Å². The second-order valence-corrected chi connectivity index (χ2v) is 5.99. The van der Waals surface area contributed by atoms with Crippen molar-refractivity contribution in [3.63, 3.8) is 0 Å². The van der Waals surface area contributed by atoms with Crippen molar-refractivity contribution in [3.05, 3.63) is 57.8 Å². The van der Waals surface area contributed by atoms with Crippen LogP contribution in [0.25, 0.3) is 0 Å². The van der Waals surface area contributed by atoms with E-state index in [9.17, 15) is 14.4 Å². The fourth-order valence-electron chi connectivity index (χ4n) is 2.36. The lowest BCUT2D eigenvalue weighted by molar-refractivity contribution is -0.116. The number of halogens is 1. The fourth-order valence-corrected chi connectivity index (χ4v) is 2.72. The monoisotopic (exact) mass is 373 g/mol. The molecule has 23 heavy (non-hydrogen) atoms. The van der Waals surface area contributed by atoms with Crippen LogP contribution < -0.4 is 5.32 Å². The first-order valence-electron chi connectivity index (χ1n) is 6.84. The summed E-state index contributed by atoms with van der Waals surface area (Å²) in [6.07, 6.45) is 1.62. The highest BCUT2D eigenvalue weighted by Crippen LogP contribution is 2.26. The second-order valence-electron chi connectivity index (χ2n) is 5.07. The van der Waals surface area contributed by atoms with Crippen molar-refractivity contribution in [2.24, 2.45) is 0 Å². The molecule has 0 spiro atoms. The standard InChI is InChI=1S/C16H12BrN3O3/c1-9-13(3-2-6-18-9)19-14(21)8-20-15(22)11-5-4-10(17)7-12(11)16(20)23/h2-7H,8H2,1H3,(H,19,21). The molecule has 0 radical (unpaired) electrons. The zero-order valence-corrected chi connectivity index (χ0v) is 13.8. The number of amides is 3. The Morgan fingerprint density at radius 3 is 2.70 bits per heavy atom. The van der Waals surface area contributed by atoms with Crippen molar-refractivity contribution in [2.75, 3.05) is 11.9 Å². The molecule has 1 aliphatic rings. The zero-order valence-electron chi connectivity index (χ0n) is 12.2. The third-order valence-corrected chi connectivity index (χ3v) is 4.01. The summed E-state index contributed by atoms with van der Waals surface area (Å²) in [5.41, 5.74) is 1.82. The van der Waals surface area contributed by atoms with Crippen LogP contribution in [0.2, 0.25) is 0 Å². The van der Waals surface area contributed by atoms with E-state index >= 15 is 0 Å². The lowest BCUT2D eigenvalue weighted by Gasteiger charge is -2.14. The van der Waals surface area contributed by atoms with Gasteiger partial charge in [0.2, 0.25) is 5.91 Å². The molecule has 0 saturated heterocycles. The first-order chi connectivity index (χ1) is 11.0. The summed E-state index contributed by atoms with van der Waals surface area (Å²) in [4.78, 5) is 41.7. The number of aromatic nitrogens is 1. The van der Waals surface area contributed by atoms with Gasteiger partial charge in [0.15, 0.2) is 0 Å². The highest BCUT2D eigenvalue weighted by atomic mass is 79.9. The summed E-state index contributed by atoms with van der Waals surface area (Å²) in [6.45, 7) is 1.42. The molecular formula is C16H12BrN3O3. The minimum absolute atomic E-state index is 0.301. The van der Waals surface area contributed by atoms with E-state index in [0.29, 0.717) is 27.0 Å². The van der Waals surface area contributed by atoms with Crippen LogP contribution in [-0.2, 0) is 4.79 Å². The van der Waals surface area contributed by atoms with E-state index in [0.717, 1.165) is 4.90 Å². The Kier molecular flexibility index (Phi) is 3.96. The molecular weight excluding hydrogens is 362 g/mol. The average Bonchev–Trinajstić information content (AvgIpc) is 2.74. The minimum Gasteiger partial charge on any atom is -0.323 e. The lowest BCUT2D eigenvalue weighted by atomic mass is 10.1. The number of rotatable bonds is 3. The van der Waals surface area contributed by atoms with Gasteiger partial charge in [-0.25, -0.2) is 0 Å². The number of hydrogen-bond donors (Lipinski definition) is 1. The Balaban J connectivity index is 1.77. The highest BCUT2D eigenvalue weighted by molar-refractivity contribution is 9.10. The summed E-state index contributed by atoms with van der Waals surface area (Å²) < 4.78 is 0.703. The van der Waals surface area contributed by atoms with E-state index in [1.165, 1.54) is 0 Å². The maximum absolute atomic E-state index is 12.3. The number of aryl methyl sites for hydroxylation is 1. The molecule has 0 aliphatic carbocycles. The van der Waals surface area contributed by atoms with Crippen LogP contribution in [0.4, 0.5) is 5.69 Å². The van der Waals surface area contributed by atoms with Crippen LogP contribution in [0.5, 0.6) is 0 Å². The van der Waals surface area contributed by atoms with Crippen LogP contribution in [0.3, 0.4) is 0 Å². The Morgan fingerprint density at radius 1 is 1.22 bits per heavy atom. The molecule has 0 atom stereocenters. The second kappa shape index (κ2) is 5.92. The van der Waals surface area contributed by atoms with Gasteiger partial charge in [0.05, 0.1) is 22.5 Å². The van der Waals surface area contributed by atoms with E-state index in [2.05, 4.69) is 26.2 Å². The lowest BCUT2D eigenvalue weighted by Crippen LogP contribution is -2.37. The van der Waals surface area contributed by atoms with E-state index in [4.69, 9.17) is 0 Å². The molecule has 6 nitrogen and oxygen atoms in total. The Hall–Kier alpha value is -2.54. The first kappa shape index (κ1) is 15.4. The summed E-state index contributed by atoms with van der Waals surface area (Å²) in [7, 11) is 0. The van der Waals surface area contributed by atoms with Crippen LogP contribution >= 0.6 is 15.9 Å². The number of fused-ring (bicyclic) bond motifs is 1. The van der Waals surface area contributed by atoms with Crippen LogP contribution in [0.15, 0.2) is 41.0 Å². The zero-order chi connectivity index (χ0) is 16.6. The Morgan fingerprint density at radius 2 is 1.96 bits per heavy atom.